The molecule has 1 aliphatic rings. The Balaban J connectivity index is 2.39. The molecule has 0 unspecified atom stereocenters. The average molecular weight is 270 g/mol. The van der Waals surface area contributed by atoms with Crippen LogP contribution < -0.4 is 10.5 Å². The number of hydrogen-bond donors (Lipinski definition) is 1. The Kier molecular flexibility index (Phi) is 2.55. The van der Waals surface area contributed by atoms with Crippen LogP contribution in [0.1, 0.15) is 25.3 Å². The van der Waals surface area contributed by atoms with Crippen molar-refractivity contribution in [3.05, 3.63) is 28.2 Å². The normalized spacial score (nSPS) is 27.5. The molecule has 1 fully saturated rings. The summed E-state index contributed by atoms with van der Waals surface area (Å²) in [4.78, 5) is 0. The second-order valence-corrected chi connectivity index (χ2v) is 5.48. The summed E-state index contributed by atoms with van der Waals surface area (Å²) in [6, 6.07) is 6.33. The van der Waals surface area contributed by atoms with Gasteiger partial charge in [0.25, 0.3) is 0 Å². The predicted molar refractivity (Wildman–Crippen MR) is 65.2 cm³/mol. The molecule has 82 valence electrons. The summed E-state index contributed by atoms with van der Waals surface area (Å²) in [5, 5.41) is 0. The summed E-state index contributed by atoms with van der Waals surface area (Å²) in [6.45, 7) is 4.41. The molecule has 2 nitrogen and oxygen atoms in total. The lowest BCUT2D eigenvalue weighted by atomic mass is 10.0. The summed E-state index contributed by atoms with van der Waals surface area (Å²) in [5.74, 6) is 1.31. The Bertz CT molecular complexity index is 389. The fourth-order valence-electron chi connectivity index (χ4n) is 2.20. The zero-order valence-electron chi connectivity index (χ0n) is 9.25. The second-order valence-electron chi connectivity index (χ2n) is 4.69. The van der Waals surface area contributed by atoms with Crippen LogP contribution in [-0.4, -0.2) is 13.2 Å². The number of ether oxygens (including phenoxy) is 1. The van der Waals surface area contributed by atoms with Gasteiger partial charge in [-0.15, -0.1) is 0 Å². The van der Waals surface area contributed by atoms with Crippen molar-refractivity contribution in [2.75, 3.05) is 7.11 Å². The molecule has 1 aliphatic carbocycles. The molecule has 1 aromatic carbocycles. The van der Waals surface area contributed by atoms with Crippen LogP contribution in [0.15, 0.2) is 22.7 Å². The van der Waals surface area contributed by atoms with Gasteiger partial charge in [-0.25, -0.2) is 0 Å². The second kappa shape index (κ2) is 3.49. The van der Waals surface area contributed by atoms with Gasteiger partial charge in [-0.05, 0) is 33.0 Å². The predicted octanol–water partition coefficient (Wildman–Crippen LogP) is 2.91. The van der Waals surface area contributed by atoms with Gasteiger partial charge in [0.15, 0.2) is 0 Å². The van der Waals surface area contributed by atoms with E-state index in [2.05, 4.69) is 35.8 Å². The molecule has 0 aliphatic heterocycles. The van der Waals surface area contributed by atoms with Crippen LogP contribution in [0, 0.1) is 5.41 Å². The van der Waals surface area contributed by atoms with E-state index in [-0.39, 0.29) is 11.5 Å². The molecule has 2 N–H and O–H groups in total. The quantitative estimate of drug-likeness (QED) is 0.896. The van der Waals surface area contributed by atoms with Crippen LogP contribution in [0.5, 0.6) is 5.75 Å². The Morgan fingerprint density at radius 1 is 1.40 bits per heavy atom. The molecule has 1 aromatic rings. The molecule has 0 bridgehead atoms. The van der Waals surface area contributed by atoms with Gasteiger partial charge in [0.2, 0.25) is 0 Å². The van der Waals surface area contributed by atoms with Gasteiger partial charge in [0, 0.05) is 12.0 Å². The highest BCUT2D eigenvalue weighted by Gasteiger charge is 2.56. The minimum Gasteiger partial charge on any atom is -0.496 e. The number of nitrogens with two attached hydrogens (primary N) is 1. The van der Waals surface area contributed by atoms with Crippen molar-refractivity contribution in [3.8, 4) is 5.75 Å². The molecule has 3 heteroatoms. The first-order valence-corrected chi connectivity index (χ1v) is 5.87. The minimum atomic E-state index is 0.203. The van der Waals surface area contributed by atoms with Gasteiger partial charge in [0.1, 0.15) is 5.75 Å². The molecule has 0 amide bonds. The van der Waals surface area contributed by atoms with E-state index in [9.17, 15) is 0 Å². The monoisotopic (exact) mass is 269 g/mol. The topological polar surface area (TPSA) is 35.2 Å². The van der Waals surface area contributed by atoms with Crippen LogP contribution in [0.4, 0.5) is 0 Å². The maximum atomic E-state index is 6.08. The summed E-state index contributed by atoms with van der Waals surface area (Å²) in [7, 11) is 1.68. The third kappa shape index (κ3) is 1.58. The Morgan fingerprint density at radius 3 is 2.47 bits per heavy atom. The summed E-state index contributed by atoms with van der Waals surface area (Å²) >= 11 is 3.58. The maximum Gasteiger partial charge on any atom is 0.133 e. The highest BCUT2D eigenvalue weighted by molar-refractivity contribution is 9.10. The van der Waals surface area contributed by atoms with E-state index in [1.54, 1.807) is 7.11 Å². The van der Waals surface area contributed by atoms with Crippen molar-refractivity contribution >= 4 is 15.9 Å². The van der Waals surface area contributed by atoms with Crippen LogP contribution in [0.3, 0.4) is 0 Å². The molecule has 0 saturated heterocycles. The smallest absolute Gasteiger partial charge is 0.133 e. The largest absolute Gasteiger partial charge is 0.496 e. The van der Waals surface area contributed by atoms with E-state index in [1.165, 1.54) is 5.56 Å². The van der Waals surface area contributed by atoms with Crippen molar-refractivity contribution in [3.63, 3.8) is 0 Å². The van der Waals surface area contributed by atoms with E-state index in [0.29, 0.717) is 5.92 Å². The molecular weight excluding hydrogens is 254 g/mol. The average Bonchev–Trinajstić information content (AvgIpc) is 2.68. The van der Waals surface area contributed by atoms with E-state index in [1.807, 2.05) is 12.1 Å². The molecule has 1 saturated carbocycles. The summed E-state index contributed by atoms with van der Waals surface area (Å²) < 4.78 is 6.32. The van der Waals surface area contributed by atoms with Crippen molar-refractivity contribution in [1.29, 1.82) is 0 Å². The van der Waals surface area contributed by atoms with Crippen molar-refractivity contribution in [2.24, 2.45) is 11.1 Å². The number of methoxy groups -OCH3 is 1. The molecule has 15 heavy (non-hydrogen) atoms. The maximum absolute atomic E-state index is 6.08. The first-order chi connectivity index (χ1) is 7.00. The SMILES string of the molecule is COc1cccc([C@H]2[C@H](N)C2(C)C)c1Br. The highest BCUT2D eigenvalue weighted by atomic mass is 79.9. The van der Waals surface area contributed by atoms with E-state index < -0.39 is 0 Å². The lowest BCUT2D eigenvalue weighted by molar-refractivity contribution is 0.411. The molecule has 2 atom stereocenters. The van der Waals surface area contributed by atoms with Gasteiger partial charge in [-0.2, -0.15) is 0 Å². The van der Waals surface area contributed by atoms with Crippen LogP contribution in [0.25, 0.3) is 0 Å². The summed E-state index contributed by atoms with van der Waals surface area (Å²) in [5.41, 5.74) is 7.53. The molecule has 2 rings (SSSR count). The minimum absolute atomic E-state index is 0.203. The zero-order chi connectivity index (χ0) is 11.2. The van der Waals surface area contributed by atoms with Crippen LogP contribution >= 0.6 is 15.9 Å². The Labute approximate surface area is 98.9 Å². The zero-order valence-corrected chi connectivity index (χ0v) is 10.8. The van der Waals surface area contributed by atoms with E-state index in [4.69, 9.17) is 10.5 Å². The third-order valence-electron chi connectivity index (χ3n) is 3.46. The molecule has 0 radical (unpaired) electrons. The fraction of sp³-hybridized carbons (Fsp3) is 0.500. The van der Waals surface area contributed by atoms with Gasteiger partial charge in [-0.1, -0.05) is 26.0 Å². The van der Waals surface area contributed by atoms with E-state index >= 15 is 0 Å². The van der Waals surface area contributed by atoms with E-state index in [0.717, 1.165) is 10.2 Å². The summed E-state index contributed by atoms with van der Waals surface area (Å²) in [6.07, 6.45) is 0. The lowest BCUT2D eigenvalue weighted by Gasteiger charge is -2.09. The number of rotatable bonds is 2. The Hall–Kier alpha value is -0.540. The van der Waals surface area contributed by atoms with Gasteiger partial charge in [0.05, 0.1) is 11.6 Å². The molecule has 0 aromatic heterocycles. The lowest BCUT2D eigenvalue weighted by Crippen LogP contribution is -2.06. The third-order valence-corrected chi connectivity index (χ3v) is 4.31. The first kappa shape index (κ1) is 11.0. The molecular formula is C12H16BrNO. The highest BCUT2D eigenvalue weighted by Crippen LogP contribution is 2.59. The fourth-order valence-corrected chi connectivity index (χ4v) is 2.87. The van der Waals surface area contributed by atoms with Crippen LogP contribution in [-0.2, 0) is 0 Å². The van der Waals surface area contributed by atoms with Gasteiger partial charge in [-0.3, -0.25) is 0 Å². The molecule has 0 spiro atoms. The van der Waals surface area contributed by atoms with Crippen LogP contribution in [0.2, 0.25) is 0 Å². The standard InChI is InChI=1S/C12H16BrNO/c1-12(2)9(11(12)14)7-5-4-6-8(15-3)10(7)13/h4-6,9,11H,14H2,1-3H3/t9-,11-/m0/s1. The molecule has 0 heterocycles. The van der Waals surface area contributed by atoms with Crippen molar-refractivity contribution < 1.29 is 4.74 Å². The van der Waals surface area contributed by atoms with Crippen molar-refractivity contribution in [1.82, 2.24) is 0 Å². The van der Waals surface area contributed by atoms with Crippen molar-refractivity contribution in [2.45, 2.75) is 25.8 Å². The Morgan fingerprint density at radius 2 is 2.00 bits per heavy atom. The van der Waals surface area contributed by atoms with Gasteiger partial charge < -0.3 is 10.5 Å². The first-order valence-electron chi connectivity index (χ1n) is 5.08. The number of halogens is 1. The number of hydrogen-bond acceptors (Lipinski definition) is 2. The van der Waals surface area contributed by atoms with Gasteiger partial charge >= 0.3 is 0 Å². The number of benzene rings is 1.